The standard InChI is InChI=1S/C26H31NO7/c1-16(2)15-34-18-11-9-17(10-12-18)23(28)21-22(27(13-14-31-3)26(30)24(21)29)19-7-6-8-20(32-4)25(19)33-5/h6-12,16,22,28H,13-15H2,1-5H3/b23-21+/t22-/m0/s1. The third-order valence-electron chi connectivity index (χ3n) is 5.52. The zero-order chi connectivity index (χ0) is 24.8. The Morgan fingerprint density at radius 3 is 2.32 bits per heavy atom. The molecule has 182 valence electrons. The number of benzene rings is 2. The highest BCUT2D eigenvalue weighted by Gasteiger charge is 2.47. The molecular weight excluding hydrogens is 438 g/mol. The number of para-hydroxylation sites is 1. The van der Waals surface area contributed by atoms with Crippen LogP contribution in [-0.2, 0) is 14.3 Å². The predicted octanol–water partition coefficient (Wildman–Crippen LogP) is 3.81. The van der Waals surface area contributed by atoms with Gasteiger partial charge >= 0.3 is 0 Å². The SMILES string of the molecule is COCCN1C(=O)C(=O)/C(=C(/O)c2ccc(OCC(C)C)cc2)[C@@H]1c1cccc(OC)c1OC. The number of aliphatic hydroxyl groups is 1. The lowest BCUT2D eigenvalue weighted by Crippen LogP contribution is -2.32. The summed E-state index contributed by atoms with van der Waals surface area (Å²) in [5.74, 6) is 0.0787. The van der Waals surface area contributed by atoms with Crippen LogP contribution in [-0.4, -0.2) is 62.8 Å². The summed E-state index contributed by atoms with van der Waals surface area (Å²) in [5.41, 5.74) is 0.896. The van der Waals surface area contributed by atoms with Gasteiger partial charge in [0, 0.05) is 24.8 Å². The minimum atomic E-state index is -0.878. The average molecular weight is 470 g/mol. The third-order valence-corrected chi connectivity index (χ3v) is 5.52. The first-order chi connectivity index (χ1) is 16.3. The molecule has 8 nitrogen and oxygen atoms in total. The van der Waals surface area contributed by atoms with Gasteiger partial charge in [-0.25, -0.2) is 0 Å². The zero-order valence-corrected chi connectivity index (χ0v) is 20.2. The average Bonchev–Trinajstić information content (AvgIpc) is 3.10. The van der Waals surface area contributed by atoms with Crippen LogP contribution < -0.4 is 14.2 Å². The van der Waals surface area contributed by atoms with E-state index in [2.05, 4.69) is 13.8 Å². The molecule has 1 atom stereocenters. The molecule has 0 aliphatic carbocycles. The molecule has 3 rings (SSSR count). The molecule has 1 aliphatic heterocycles. The number of rotatable bonds is 10. The summed E-state index contributed by atoms with van der Waals surface area (Å²) in [4.78, 5) is 27.5. The molecule has 34 heavy (non-hydrogen) atoms. The van der Waals surface area contributed by atoms with Crippen molar-refractivity contribution in [1.82, 2.24) is 4.90 Å². The Morgan fingerprint density at radius 2 is 1.74 bits per heavy atom. The molecule has 0 spiro atoms. The number of carbonyl (C=O) groups excluding carboxylic acids is 2. The second-order valence-electron chi connectivity index (χ2n) is 8.30. The molecule has 0 aromatic heterocycles. The first kappa shape index (κ1) is 25.1. The predicted molar refractivity (Wildman–Crippen MR) is 127 cm³/mol. The van der Waals surface area contributed by atoms with Crippen LogP contribution >= 0.6 is 0 Å². The van der Waals surface area contributed by atoms with Gasteiger partial charge in [0.15, 0.2) is 11.5 Å². The summed E-state index contributed by atoms with van der Waals surface area (Å²) < 4.78 is 21.8. The molecule has 8 heteroatoms. The van der Waals surface area contributed by atoms with Crippen molar-refractivity contribution in [2.45, 2.75) is 19.9 Å². The number of methoxy groups -OCH3 is 3. The molecule has 0 saturated carbocycles. The Hall–Kier alpha value is -3.52. The number of ketones is 1. The number of aliphatic hydroxyl groups excluding tert-OH is 1. The van der Waals surface area contributed by atoms with Crippen LogP contribution in [0.2, 0.25) is 0 Å². The number of amides is 1. The summed E-state index contributed by atoms with van der Waals surface area (Å²) >= 11 is 0. The fourth-order valence-electron chi connectivity index (χ4n) is 3.88. The maximum absolute atomic E-state index is 13.1. The quantitative estimate of drug-likeness (QED) is 0.321. The van der Waals surface area contributed by atoms with Gasteiger partial charge in [-0.05, 0) is 36.2 Å². The first-order valence-electron chi connectivity index (χ1n) is 11.1. The van der Waals surface area contributed by atoms with Gasteiger partial charge in [0.25, 0.3) is 11.7 Å². The van der Waals surface area contributed by atoms with Gasteiger partial charge in [-0.3, -0.25) is 9.59 Å². The van der Waals surface area contributed by atoms with Crippen LogP contribution in [0, 0.1) is 5.92 Å². The Bertz CT molecular complexity index is 1060. The third kappa shape index (κ3) is 5.02. The highest BCUT2D eigenvalue weighted by molar-refractivity contribution is 6.46. The Balaban J connectivity index is 2.12. The maximum Gasteiger partial charge on any atom is 0.295 e. The highest BCUT2D eigenvalue weighted by Crippen LogP contribution is 2.45. The minimum Gasteiger partial charge on any atom is -0.507 e. The van der Waals surface area contributed by atoms with Crippen LogP contribution in [0.15, 0.2) is 48.0 Å². The molecule has 1 heterocycles. The molecule has 1 saturated heterocycles. The summed E-state index contributed by atoms with van der Waals surface area (Å²) in [6.45, 7) is 5.04. The number of hydrogen-bond acceptors (Lipinski definition) is 7. The first-order valence-corrected chi connectivity index (χ1v) is 11.1. The zero-order valence-electron chi connectivity index (χ0n) is 20.2. The van der Waals surface area contributed by atoms with E-state index < -0.39 is 17.7 Å². The smallest absolute Gasteiger partial charge is 0.295 e. The normalized spacial score (nSPS) is 17.4. The molecule has 1 aliphatic rings. The Labute approximate surface area is 199 Å². The van der Waals surface area contributed by atoms with E-state index in [4.69, 9.17) is 18.9 Å². The van der Waals surface area contributed by atoms with Gasteiger partial charge in [0.2, 0.25) is 0 Å². The van der Waals surface area contributed by atoms with Gasteiger partial charge in [0.1, 0.15) is 11.5 Å². The van der Waals surface area contributed by atoms with Gasteiger partial charge in [-0.15, -0.1) is 0 Å². The Morgan fingerprint density at radius 1 is 1.03 bits per heavy atom. The number of likely N-dealkylation sites (tertiary alicyclic amines) is 1. The van der Waals surface area contributed by atoms with E-state index in [0.29, 0.717) is 40.9 Å². The van der Waals surface area contributed by atoms with Crippen molar-refractivity contribution >= 4 is 17.4 Å². The van der Waals surface area contributed by atoms with E-state index in [0.717, 1.165) is 0 Å². The van der Waals surface area contributed by atoms with Crippen LogP contribution in [0.1, 0.15) is 31.0 Å². The van der Waals surface area contributed by atoms with E-state index in [9.17, 15) is 14.7 Å². The molecule has 2 aromatic carbocycles. The van der Waals surface area contributed by atoms with Crippen molar-refractivity contribution < 1.29 is 33.6 Å². The van der Waals surface area contributed by atoms with Crippen molar-refractivity contribution in [2.75, 3.05) is 41.1 Å². The molecule has 2 aromatic rings. The summed E-state index contributed by atoms with van der Waals surface area (Å²) in [6, 6.07) is 11.1. The Kier molecular flexibility index (Phi) is 8.17. The molecule has 0 unspecified atom stereocenters. The van der Waals surface area contributed by atoms with Crippen molar-refractivity contribution in [3.05, 3.63) is 59.2 Å². The van der Waals surface area contributed by atoms with Crippen LogP contribution in [0.4, 0.5) is 0 Å². The second-order valence-corrected chi connectivity index (χ2v) is 8.30. The summed E-state index contributed by atoms with van der Waals surface area (Å²) in [6.07, 6.45) is 0. The van der Waals surface area contributed by atoms with Crippen LogP contribution in [0.25, 0.3) is 5.76 Å². The largest absolute Gasteiger partial charge is 0.507 e. The van der Waals surface area contributed by atoms with Crippen LogP contribution in [0.5, 0.6) is 17.2 Å². The van der Waals surface area contributed by atoms with Crippen molar-refractivity contribution in [3.63, 3.8) is 0 Å². The maximum atomic E-state index is 13.1. The van der Waals surface area contributed by atoms with E-state index in [1.54, 1.807) is 42.5 Å². The van der Waals surface area contributed by atoms with E-state index in [-0.39, 0.29) is 24.5 Å². The number of nitrogens with zero attached hydrogens (tertiary/aromatic N) is 1. The number of Topliss-reactive ketones (excluding diaryl/α,β-unsaturated/α-hetero) is 1. The molecule has 1 fully saturated rings. The van der Waals surface area contributed by atoms with Gasteiger partial charge in [-0.2, -0.15) is 0 Å². The lowest BCUT2D eigenvalue weighted by atomic mass is 9.94. The monoisotopic (exact) mass is 469 g/mol. The van der Waals surface area contributed by atoms with Gasteiger partial charge < -0.3 is 29.0 Å². The van der Waals surface area contributed by atoms with Crippen molar-refractivity contribution in [1.29, 1.82) is 0 Å². The van der Waals surface area contributed by atoms with Crippen molar-refractivity contribution in [2.24, 2.45) is 5.92 Å². The lowest BCUT2D eigenvalue weighted by Gasteiger charge is -2.27. The van der Waals surface area contributed by atoms with Crippen molar-refractivity contribution in [3.8, 4) is 17.2 Å². The molecule has 1 amide bonds. The van der Waals surface area contributed by atoms with Gasteiger partial charge in [-0.1, -0.05) is 26.0 Å². The number of hydrogen-bond donors (Lipinski definition) is 1. The van der Waals surface area contributed by atoms with E-state index >= 15 is 0 Å². The molecule has 0 bridgehead atoms. The molecule has 1 N–H and O–H groups in total. The fraction of sp³-hybridized carbons (Fsp3) is 0.385. The highest BCUT2D eigenvalue weighted by atomic mass is 16.5. The summed E-state index contributed by atoms with van der Waals surface area (Å²) in [5, 5.41) is 11.2. The second kappa shape index (κ2) is 11.1. The summed E-state index contributed by atoms with van der Waals surface area (Å²) in [7, 11) is 4.51. The van der Waals surface area contributed by atoms with E-state index in [1.165, 1.54) is 26.2 Å². The lowest BCUT2D eigenvalue weighted by molar-refractivity contribution is -0.140. The number of ether oxygens (including phenoxy) is 4. The topological polar surface area (TPSA) is 94.5 Å². The molecule has 0 radical (unpaired) electrons. The minimum absolute atomic E-state index is 0.0245. The number of carbonyl (C=O) groups is 2. The molecular formula is C26H31NO7. The van der Waals surface area contributed by atoms with E-state index in [1.807, 2.05) is 0 Å². The fourth-order valence-corrected chi connectivity index (χ4v) is 3.88. The van der Waals surface area contributed by atoms with Crippen LogP contribution in [0.3, 0.4) is 0 Å². The van der Waals surface area contributed by atoms with Gasteiger partial charge in [0.05, 0.1) is 39.0 Å².